The molecule has 0 heterocycles. The summed E-state index contributed by atoms with van der Waals surface area (Å²) in [5.74, 6) is -0.966. The molecule has 5 heteroatoms. The Hall–Kier alpha value is -0.910. The highest BCUT2D eigenvalue weighted by atomic mass is 16.6. The van der Waals surface area contributed by atoms with E-state index >= 15 is 0 Å². The molecule has 2 N–H and O–H groups in total. The first-order valence-electron chi connectivity index (χ1n) is 16.1. The van der Waals surface area contributed by atoms with E-state index in [9.17, 15) is 15.0 Å². The van der Waals surface area contributed by atoms with Crippen molar-refractivity contribution in [1.82, 2.24) is 0 Å². The second-order valence-corrected chi connectivity index (χ2v) is 17.6. The van der Waals surface area contributed by atoms with Crippen molar-refractivity contribution in [2.45, 2.75) is 152 Å². The number of esters is 1. The normalized spacial score (nSPS) is 49.5. The van der Waals surface area contributed by atoms with Crippen LogP contribution in [0.2, 0.25) is 0 Å². The third-order valence-corrected chi connectivity index (χ3v) is 13.8. The number of hydrogen-bond donors (Lipinski definition) is 2. The molecule has 0 radical (unpaired) electrons. The van der Waals surface area contributed by atoms with Gasteiger partial charge in [-0.25, -0.2) is 0 Å². The van der Waals surface area contributed by atoms with Crippen LogP contribution in [0.15, 0.2) is 11.6 Å². The maximum absolute atomic E-state index is 12.3. The highest BCUT2D eigenvalue weighted by Crippen LogP contribution is 2.76. The van der Waals surface area contributed by atoms with Gasteiger partial charge >= 0.3 is 5.97 Å². The lowest BCUT2D eigenvalue weighted by molar-refractivity contribution is -0.313. The Morgan fingerprint density at radius 1 is 0.950 bits per heavy atom. The first-order valence-corrected chi connectivity index (χ1v) is 16.1. The third kappa shape index (κ3) is 4.29. The van der Waals surface area contributed by atoms with Gasteiger partial charge in [0.25, 0.3) is 0 Å². The maximum Gasteiger partial charge on any atom is 0.302 e. The molecule has 0 bridgehead atoms. The molecule has 228 valence electrons. The number of aliphatic hydroxyl groups is 2. The number of fused-ring (bicyclic) bond motifs is 7. The summed E-state index contributed by atoms with van der Waals surface area (Å²) in [6, 6.07) is 0. The molecule has 5 rings (SSSR count). The molecule has 0 saturated heterocycles. The van der Waals surface area contributed by atoms with Crippen LogP contribution in [0, 0.1) is 50.2 Å². The predicted octanol–water partition coefficient (Wildman–Crippen LogP) is 7.43. The summed E-state index contributed by atoms with van der Waals surface area (Å²) in [6.07, 6.45) is 9.74. The van der Waals surface area contributed by atoms with Crippen molar-refractivity contribution in [1.29, 1.82) is 0 Å². The molecule has 0 aliphatic heterocycles. The van der Waals surface area contributed by atoms with Gasteiger partial charge in [-0.1, -0.05) is 67.0 Å². The monoisotopic (exact) mass is 558 g/mol. The first kappa shape index (κ1) is 30.5. The third-order valence-electron chi connectivity index (χ3n) is 13.8. The van der Waals surface area contributed by atoms with Gasteiger partial charge in [-0.15, -0.1) is 0 Å². The average Bonchev–Trinajstić information content (AvgIpc) is 2.78. The molecule has 4 saturated carbocycles. The van der Waals surface area contributed by atoms with E-state index in [1.807, 2.05) is 0 Å². The molecule has 0 aromatic rings. The van der Waals surface area contributed by atoms with Crippen molar-refractivity contribution in [3.05, 3.63) is 11.6 Å². The zero-order valence-electron chi connectivity index (χ0n) is 27.3. The van der Waals surface area contributed by atoms with Crippen molar-refractivity contribution in [3.8, 4) is 0 Å². The Morgan fingerprint density at radius 2 is 1.57 bits per heavy atom. The Kier molecular flexibility index (Phi) is 6.91. The highest BCUT2D eigenvalue weighted by molar-refractivity contribution is 5.66. The van der Waals surface area contributed by atoms with E-state index in [4.69, 9.17) is 9.47 Å². The van der Waals surface area contributed by atoms with Crippen molar-refractivity contribution in [2.24, 2.45) is 50.2 Å². The lowest BCUT2D eigenvalue weighted by atomic mass is 9.33. The minimum absolute atomic E-state index is 0.00136. The number of rotatable bonds is 3. The van der Waals surface area contributed by atoms with Crippen LogP contribution in [0.25, 0.3) is 0 Å². The largest absolute Gasteiger partial charge is 0.462 e. The average molecular weight is 559 g/mol. The predicted molar refractivity (Wildman–Crippen MR) is 158 cm³/mol. The molecule has 10 atom stereocenters. The molecule has 4 fully saturated rings. The van der Waals surface area contributed by atoms with Gasteiger partial charge in [0.15, 0.2) is 5.79 Å². The van der Waals surface area contributed by atoms with Crippen LogP contribution in [0.4, 0.5) is 0 Å². The minimum atomic E-state index is -1.33. The molecule has 5 nitrogen and oxygen atoms in total. The smallest absolute Gasteiger partial charge is 0.302 e. The van der Waals surface area contributed by atoms with Gasteiger partial charge in [0, 0.05) is 30.1 Å². The van der Waals surface area contributed by atoms with Gasteiger partial charge in [-0.2, -0.15) is 0 Å². The SMILES string of the molecule is CC(=O)O[C@H]1C[C@H](OC(C)(C)O)[C@]2(C)[C@H]3[C@H](O)C=C4[C@H]5CC(C)(C)CC[C@]5(C)CC[C@@]4(C)[C@]3(C)CC[C@H]2C1(C)C. The van der Waals surface area contributed by atoms with Gasteiger partial charge in [0.2, 0.25) is 0 Å². The molecule has 5 aliphatic carbocycles. The summed E-state index contributed by atoms with van der Waals surface area (Å²) in [7, 11) is 0. The van der Waals surface area contributed by atoms with E-state index in [1.165, 1.54) is 38.2 Å². The van der Waals surface area contributed by atoms with Gasteiger partial charge in [-0.05, 0) is 92.3 Å². The van der Waals surface area contributed by atoms with Gasteiger partial charge in [0.1, 0.15) is 6.10 Å². The minimum Gasteiger partial charge on any atom is -0.462 e. The molecule has 40 heavy (non-hydrogen) atoms. The number of ether oxygens (including phenoxy) is 2. The van der Waals surface area contributed by atoms with Crippen molar-refractivity contribution >= 4 is 5.97 Å². The van der Waals surface area contributed by atoms with E-state index in [-0.39, 0.29) is 46.3 Å². The molecular weight excluding hydrogens is 500 g/mol. The second-order valence-electron chi connectivity index (χ2n) is 17.6. The summed E-state index contributed by atoms with van der Waals surface area (Å²) in [6.45, 7) is 24.0. The Bertz CT molecular complexity index is 1070. The number of carbonyl (C=O) groups is 1. The van der Waals surface area contributed by atoms with Gasteiger partial charge in [-0.3, -0.25) is 4.79 Å². The Morgan fingerprint density at radius 3 is 2.17 bits per heavy atom. The standard InChI is InChI=1S/C35H58O5/c1-21(36)39-26-19-27(40-31(6,7)38)35(11)25(30(26,4)5)12-13-34(10)28(35)24(37)18-22-23-20-29(2,3)14-15-32(23,8)16-17-33(22,34)9/h18,23-28,37-38H,12-17,19-20H2,1-11H3/t23-,24-,25+,26+,27+,28+,32-,33-,34-,35-/m1/s1. The van der Waals surface area contributed by atoms with Crippen molar-refractivity contribution < 1.29 is 24.5 Å². The molecule has 0 amide bonds. The second kappa shape index (κ2) is 9.05. The Labute approximate surface area is 243 Å². The summed E-state index contributed by atoms with van der Waals surface area (Å²) in [5, 5.41) is 23.3. The van der Waals surface area contributed by atoms with Crippen LogP contribution in [0.5, 0.6) is 0 Å². The molecular formula is C35H58O5. The van der Waals surface area contributed by atoms with Gasteiger partial charge < -0.3 is 19.7 Å². The van der Waals surface area contributed by atoms with Crippen LogP contribution in [0.3, 0.4) is 0 Å². The zero-order valence-corrected chi connectivity index (χ0v) is 27.3. The summed E-state index contributed by atoms with van der Waals surface area (Å²) in [5.41, 5.74) is 1.33. The summed E-state index contributed by atoms with van der Waals surface area (Å²) >= 11 is 0. The Balaban J connectivity index is 1.65. The highest BCUT2D eigenvalue weighted by Gasteiger charge is 2.72. The van der Waals surface area contributed by atoms with Crippen LogP contribution in [-0.2, 0) is 14.3 Å². The lowest BCUT2D eigenvalue weighted by Crippen LogP contribution is -2.71. The molecule has 5 aliphatic rings. The number of allylic oxidation sites excluding steroid dienone is 1. The van der Waals surface area contributed by atoms with E-state index in [0.717, 1.165) is 19.3 Å². The quantitative estimate of drug-likeness (QED) is 0.214. The van der Waals surface area contributed by atoms with Crippen LogP contribution >= 0.6 is 0 Å². The van der Waals surface area contributed by atoms with E-state index in [1.54, 1.807) is 13.8 Å². The first-order chi connectivity index (χ1) is 18.1. The number of hydrogen-bond acceptors (Lipinski definition) is 5. The number of carbonyl (C=O) groups excluding carboxylic acids is 1. The summed E-state index contributed by atoms with van der Waals surface area (Å²) in [4.78, 5) is 12.2. The van der Waals surface area contributed by atoms with E-state index in [2.05, 4.69) is 61.5 Å². The lowest BCUT2D eigenvalue weighted by Gasteiger charge is -2.73. The van der Waals surface area contributed by atoms with E-state index in [0.29, 0.717) is 23.2 Å². The molecule has 0 aromatic heterocycles. The van der Waals surface area contributed by atoms with Crippen LogP contribution in [-0.4, -0.2) is 40.3 Å². The zero-order chi connectivity index (χ0) is 29.9. The fourth-order valence-corrected chi connectivity index (χ4v) is 11.4. The van der Waals surface area contributed by atoms with Crippen LogP contribution < -0.4 is 0 Å². The maximum atomic E-state index is 12.3. The van der Waals surface area contributed by atoms with E-state index < -0.39 is 17.3 Å². The van der Waals surface area contributed by atoms with Crippen molar-refractivity contribution in [2.75, 3.05) is 0 Å². The van der Waals surface area contributed by atoms with Crippen molar-refractivity contribution in [3.63, 3.8) is 0 Å². The fraction of sp³-hybridized carbons (Fsp3) is 0.914. The number of aliphatic hydroxyl groups excluding tert-OH is 1. The summed E-state index contributed by atoms with van der Waals surface area (Å²) < 4.78 is 12.5. The molecule has 0 aromatic carbocycles. The van der Waals surface area contributed by atoms with Crippen LogP contribution in [0.1, 0.15) is 128 Å². The molecule has 0 unspecified atom stereocenters. The van der Waals surface area contributed by atoms with Gasteiger partial charge in [0.05, 0.1) is 12.2 Å². The topological polar surface area (TPSA) is 76.0 Å². The molecule has 0 spiro atoms. The fourth-order valence-electron chi connectivity index (χ4n) is 11.4.